The molecule has 1 unspecified atom stereocenters. The van der Waals surface area contributed by atoms with Crippen molar-refractivity contribution in [1.82, 2.24) is 5.32 Å². The van der Waals surface area contributed by atoms with Crippen molar-refractivity contribution >= 4 is 17.5 Å². The average Bonchev–Trinajstić information content (AvgIpc) is 1.97. The molecule has 0 radical (unpaired) electrons. The van der Waals surface area contributed by atoms with E-state index in [1.165, 1.54) is 0 Å². The maximum atomic E-state index is 10.8. The van der Waals surface area contributed by atoms with Crippen LogP contribution in [0.25, 0.3) is 0 Å². The summed E-state index contributed by atoms with van der Waals surface area (Å²) in [6, 6.07) is 0. The van der Waals surface area contributed by atoms with Crippen molar-refractivity contribution in [2.75, 3.05) is 6.54 Å². The SMILES string of the molecule is CC#CCCNC(=O)C(C)Cl. The summed E-state index contributed by atoms with van der Waals surface area (Å²) in [6.07, 6.45) is 0.686. The Morgan fingerprint density at radius 3 is 2.82 bits per heavy atom. The van der Waals surface area contributed by atoms with Gasteiger partial charge < -0.3 is 5.32 Å². The maximum absolute atomic E-state index is 10.8. The molecule has 0 bridgehead atoms. The van der Waals surface area contributed by atoms with E-state index in [1.54, 1.807) is 13.8 Å². The van der Waals surface area contributed by atoms with Crippen molar-refractivity contribution in [1.29, 1.82) is 0 Å². The lowest BCUT2D eigenvalue weighted by Gasteiger charge is -2.02. The zero-order valence-corrected chi connectivity index (χ0v) is 7.53. The van der Waals surface area contributed by atoms with Crippen molar-refractivity contribution in [2.24, 2.45) is 0 Å². The normalized spacial score (nSPS) is 11.2. The number of rotatable bonds is 3. The average molecular weight is 174 g/mol. The molecule has 1 atom stereocenters. The fourth-order valence-corrected chi connectivity index (χ4v) is 0.591. The molecule has 0 heterocycles. The molecular weight excluding hydrogens is 162 g/mol. The van der Waals surface area contributed by atoms with Gasteiger partial charge in [0.05, 0.1) is 0 Å². The van der Waals surface area contributed by atoms with Gasteiger partial charge in [-0.15, -0.1) is 23.4 Å². The van der Waals surface area contributed by atoms with Gasteiger partial charge in [-0.2, -0.15) is 0 Å². The molecule has 0 aliphatic rings. The van der Waals surface area contributed by atoms with E-state index in [0.717, 1.165) is 0 Å². The summed E-state index contributed by atoms with van der Waals surface area (Å²) in [5, 5.41) is 2.19. The Morgan fingerprint density at radius 2 is 2.36 bits per heavy atom. The van der Waals surface area contributed by atoms with Crippen molar-refractivity contribution < 1.29 is 4.79 Å². The molecule has 0 aliphatic carbocycles. The van der Waals surface area contributed by atoms with Crippen molar-refractivity contribution in [3.05, 3.63) is 0 Å². The molecule has 0 saturated heterocycles. The number of amides is 1. The largest absolute Gasteiger partial charge is 0.354 e. The van der Waals surface area contributed by atoms with Crippen LogP contribution in [-0.2, 0) is 4.79 Å². The Kier molecular flexibility index (Phi) is 5.68. The van der Waals surface area contributed by atoms with E-state index in [0.29, 0.717) is 13.0 Å². The number of hydrogen-bond acceptors (Lipinski definition) is 1. The molecular formula is C8H12ClNO. The second-order valence-corrected chi connectivity index (χ2v) is 2.74. The van der Waals surface area contributed by atoms with E-state index in [4.69, 9.17) is 11.6 Å². The van der Waals surface area contributed by atoms with Crippen LogP contribution >= 0.6 is 11.6 Å². The summed E-state index contributed by atoms with van der Waals surface area (Å²) < 4.78 is 0. The fourth-order valence-electron chi connectivity index (χ4n) is 0.514. The summed E-state index contributed by atoms with van der Waals surface area (Å²) in [7, 11) is 0. The lowest BCUT2D eigenvalue weighted by Crippen LogP contribution is -2.30. The van der Waals surface area contributed by atoms with E-state index in [1.807, 2.05) is 0 Å². The third-order valence-corrected chi connectivity index (χ3v) is 1.29. The zero-order chi connectivity index (χ0) is 8.69. The molecule has 0 rings (SSSR count). The minimum atomic E-state index is -0.454. The minimum absolute atomic E-state index is 0.135. The van der Waals surface area contributed by atoms with Gasteiger partial charge in [0.2, 0.25) is 5.91 Å². The highest BCUT2D eigenvalue weighted by atomic mass is 35.5. The van der Waals surface area contributed by atoms with Crippen LogP contribution in [0.3, 0.4) is 0 Å². The number of carbonyl (C=O) groups excluding carboxylic acids is 1. The second kappa shape index (κ2) is 6.06. The molecule has 0 spiro atoms. The highest BCUT2D eigenvalue weighted by Gasteiger charge is 2.05. The highest BCUT2D eigenvalue weighted by molar-refractivity contribution is 6.30. The molecule has 0 fully saturated rings. The lowest BCUT2D eigenvalue weighted by atomic mass is 10.4. The molecule has 0 aromatic rings. The Balaban J connectivity index is 3.37. The van der Waals surface area contributed by atoms with Crippen molar-refractivity contribution in [3.8, 4) is 11.8 Å². The highest BCUT2D eigenvalue weighted by Crippen LogP contribution is 1.91. The van der Waals surface area contributed by atoms with Crippen LogP contribution < -0.4 is 5.32 Å². The molecule has 62 valence electrons. The topological polar surface area (TPSA) is 29.1 Å². The smallest absolute Gasteiger partial charge is 0.237 e. The van der Waals surface area contributed by atoms with Crippen LogP contribution in [0.15, 0.2) is 0 Å². The predicted molar refractivity (Wildman–Crippen MR) is 46.4 cm³/mol. The third kappa shape index (κ3) is 5.75. The molecule has 0 saturated carbocycles. The second-order valence-electron chi connectivity index (χ2n) is 2.08. The van der Waals surface area contributed by atoms with Crippen LogP contribution in [0.5, 0.6) is 0 Å². The molecule has 1 amide bonds. The zero-order valence-electron chi connectivity index (χ0n) is 6.78. The number of alkyl halides is 1. The summed E-state index contributed by atoms with van der Waals surface area (Å²) in [5.74, 6) is 5.44. The van der Waals surface area contributed by atoms with E-state index in [-0.39, 0.29) is 5.91 Å². The van der Waals surface area contributed by atoms with E-state index in [2.05, 4.69) is 17.2 Å². The van der Waals surface area contributed by atoms with Gasteiger partial charge in [-0.25, -0.2) is 0 Å². The maximum Gasteiger partial charge on any atom is 0.237 e. The molecule has 2 nitrogen and oxygen atoms in total. The Bertz CT molecular complexity index is 178. The lowest BCUT2D eigenvalue weighted by molar-refractivity contribution is -0.120. The molecule has 0 aromatic heterocycles. The van der Waals surface area contributed by atoms with Gasteiger partial charge in [0.25, 0.3) is 0 Å². The first-order valence-corrected chi connectivity index (χ1v) is 3.93. The van der Waals surface area contributed by atoms with Gasteiger partial charge in [-0.1, -0.05) is 0 Å². The molecule has 1 N–H and O–H groups in total. The summed E-state index contributed by atoms with van der Waals surface area (Å²) in [5.41, 5.74) is 0. The number of nitrogens with one attached hydrogen (secondary N) is 1. The molecule has 3 heteroatoms. The predicted octanol–water partition coefficient (Wildman–Crippen LogP) is 1.14. The number of carbonyl (C=O) groups is 1. The van der Waals surface area contributed by atoms with Crippen LogP contribution in [0.1, 0.15) is 20.3 Å². The van der Waals surface area contributed by atoms with E-state index in [9.17, 15) is 4.79 Å². The summed E-state index contributed by atoms with van der Waals surface area (Å²) in [6.45, 7) is 3.99. The monoisotopic (exact) mass is 173 g/mol. The van der Waals surface area contributed by atoms with Crippen LogP contribution in [0, 0.1) is 11.8 Å². The number of hydrogen-bond donors (Lipinski definition) is 1. The first kappa shape index (κ1) is 10.3. The fraction of sp³-hybridized carbons (Fsp3) is 0.625. The quantitative estimate of drug-likeness (QED) is 0.387. The van der Waals surface area contributed by atoms with Crippen LogP contribution in [-0.4, -0.2) is 17.8 Å². The summed E-state index contributed by atoms with van der Waals surface area (Å²) >= 11 is 5.49. The van der Waals surface area contributed by atoms with Gasteiger partial charge in [-0.05, 0) is 13.8 Å². The molecule has 0 aliphatic heterocycles. The Labute approximate surface area is 72.3 Å². The van der Waals surface area contributed by atoms with Gasteiger partial charge in [-0.3, -0.25) is 4.79 Å². The first-order valence-electron chi connectivity index (χ1n) is 3.50. The Hall–Kier alpha value is -0.680. The van der Waals surface area contributed by atoms with Gasteiger partial charge in [0, 0.05) is 13.0 Å². The first-order chi connectivity index (χ1) is 5.18. The van der Waals surface area contributed by atoms with Crippen molar-refractivity contribution in [3.63, 3.8) is 0 Å². The van der Waals surface area contributed by atoms with Gasteiger partial charge in [0.1, 0.15) is 5.38 Å². The van der Waals surface area contributed by atoms with Crippen molar-refractivity contribution in [2.45, 2.75) is 25.6 Å². The Morgan fingerprint density at radius 1 is 1.73 bits per heavy atom. The minimum Gasteiger partial charge on any atom is -0.354 e. The van der Waals surface area contributed by atoms with E-state index >= 15 is 0 Å². The summed E-state index contributed by atoms with van der Waals surface area (Å²) in [4.78, 5) is 10.8. The van der Waals surface area contributed by atoms with E-state index < -0.39 is 5.38 Å². The molecule has 0 aromatic carbocycles. The van der Waals surface area contributed by atoms with Crippen LogP contribution in [0.4, 0.5) is 0 Å². The third-order valence-electron chi connectivity index (χ3n) is 1.09. The van der Waals surface area contributed by atoms with Crippen LogP contribution in [0.2, 0.25) is 0 Å². The van der Waals surface area contributed by atoms with Gasteiger partial charge in [0.15, 0.2) is 0 Å². The van der Waals surface area contributed by atoms with Gasteiger partial charge >= 0.3 is 0 Å². The molecule has 11 heavy (non-hydrogen) atoms. The number of halogens is 1. The standard InChI is InChI=1S/C8H12ClNO/c1-3-4-5-6-10-8(11)7(2)9/h7H,5-6H2,1-2H3,(H,10,11).